The van der Waals surface area contributed by atoms with Gasteiger partial charge in [0.1, 0.15) is 12.3 Å². The van der Waals surface area contributed by atoms with Gasteiger partial charge in [-0.15, -0.1) is 11.8 Å². The molecule has 0 aromatic heterocycles. The first kappa shape index (κ1) is 13.7. The highest BCUT2D eigenvalue weighted by atomic mass is 32.2. The van der Waals surface area contributed by atoms with Gasteiger partial charge in [-0.2, -0.15) is 13.2 Å². The minimum absolute atomic E-state index is 0.00104. The van der Waals surface area contributed by atoms with Crippen LogP contribution in [0.5, 0.6) is 5.75 Å². The highest BCUT2D eigenvalue weighted by molar-refractivity contribution is 8.00. The van der Waals surface area contributed by atoms with E-state index in [1.54, 1.807) is 23.5 Å². The molecular formula is C10H10F3NO2S. The molecule has 0 aliphatic carbocycles. The third kappa shape index (κ3) is 5.48. The van der Waals surface area contributed by atoms with Crippen molar-refractivity contribution in [3.05, 3.63) is 24.3 Å². The van der Waals surface area contributed by atoms with Gasteiger partial charge in [0, 0.05) is 4.90 Å². The Labute approximate surface area is 100 Å². The van der Waals surface area contributed by atoms with Crippen LogP contribution < -0.4 is 5.32 Å². The van der Waals surface area contributed by atoms with Crippen molar-refractivity contribution in [2.75, 3.05) is 12.3 Å². The Balaban J connectivity index is 2.36. The largest absolute Gasteiger partial charge is 0.507 e. The lowest BCUT2D eigenvalue weighted by molar-refractivity contribution is -0.136. The number of amides is 1. The van der Waals surface area contributed by atoms with E-state index in [0.29, 0.717) is 4.90 Å². The molecule has 1 rings (SSSR count). The quantitative estimate of drug-likeness (QED) is 0.820. The van der Waals surface area contributed by atoms with E-state index in [2.05, 4.69) is 0 Å². The fourth-order valence-electron chi connectivity index (χ4n) is 0.972. The molecule has 0 saturated carbocycles. The number of alkyl halides is 3. The molecule has 0 spiro atoms. The lowest BCUT2D eigenvalue weighted by Crippen LogP contribution is -2.34. The Hall–Kier alpha value is -1.37. The molecule has 1 amide bonds. The normalized spacial score (nSPS) is 11.2. The molecule has 0 aliphatic heterocycles. The lowest BCUT2D eigenvalue weighted by Gasteiger charge is -2.08. The van der Waals surface area contributed by atoms with Gasteiger partial charge in [-0.1, -0.05) is 12.1 Å². The zero-order valence-corrected chi connectivity index (χ0v) is 9.44. The van der Waals surface area contributed by atoms with Crippen molar-refractivity contribution in [1.29, 1.82) is 0 Å². The molecule has 0 unspecified atom stereocenters. The van der Waals surface area contributed by atoms with Gasteiger partial charge in [-0.05, 0) is 12.1 Å². The topological polar surface area (TPSA) is 49.3 Å². The second kappa shape index (κ2) is 5.81. The Kier molecular flexibility index (Phi) is 4.68. The first-order valence-corrected chi connectivity index (χ1v) is 5.61. The second-order valence-corrected chi connectivity index (χ2v) is 4.17. The number of halogens is 3. The van der Waals surface area contributed by atoms with Gasteiger partial charge in [0.2, 0.25) is 5.91 Å². The number of carbonyl (C=O) groups is 1. The Morgan fingerprint density at radius 1 is 1.35 bits per heavy atom. The average Bonchev–Trinajstić information content (AvgIpc) is 2.24. The van der Waals surface area contributed by atoms with Crippen LogP contribution in [-0.2, 0) is 4.79 Å². The van der Waals surface area contributed by atoms with Crippen LogP contribution in [0.2, 0.25) is 0 Å². The highest BCUT2D eigenvalue weighted by Crippen LogP contribution is 2.27. The van der Waals surface area contributed by atoms with E-state index < -0.39 is 18.6 Å². The molecule has 94 valence electrons. The zero-order valence-electron chi connectivity index (χ0n) is 8.62. The smallest absolute Gasteiger partial charge is 0.405 e. The van der Waals surface area contributed by atoms with Crippen LogP contribution in [0.15, 0.2) is 29.2 Å². The van der Waals surface area contributed by atoms with Crippen molar-refractivity contribution in [3.63, 3.8) is 0 Å². The van der Waals surface area contributed by atoms with E-state index in [1.807, 2.05) is 0 Å². The van der Waals surface area contributed by atoms with Crippen molar-refractivity contribution in [1.82, 2.24) is 5.32 Å². The van der Waals surface area contributed by atoms with E-state index in [0.717, 1.165) is 11.8 Å². The number of nitrogens with one attached hydrogen (secondary N) is 1. The molecule has 3 nitrogen and oxygen atoms in total. The number of aromatic hydroxyl groups is 1. The number of phenols is 1. The fourth-order valence-corrected chi connectivity index (χ4v) is 1.75. The van der Waals surface area contributed by atoms with Crippen LogP contribution in [0.25, 0.3) is 0 Å². The molecule has 2 N–H and O–H groups in total. The fraction of sp³-hybridized carbons (Fsp3) is 0.300. The van der Waals surface area contributed by atoms with Crippen LogP contribution in [0.3, 0.4) is 0 Å². The van der Waals surface area contributed by atoms with Crippen molar-refractivity contribution in [2.45, 2.75) is 11.1 Å². The van der Waals surface area contributed by atoms with Crippen molar-refractivity contribution >= 4 is 17.7 Å². The number of rotatable bonds is 4. The molecule has 1 aromatic carbocycles. The summed E-state index contributed by atoms with van der Waals surface area (Å²) in [6.07, 6.45) is -4.41. The molecule has 0 fully saturated rings. The molecule has 1 aromatic rings. The average molecular weight is 265 g/mol. The van der Waals surface area contributed by atoms with Gasteiger partial charge >= 0.3 is 6.18 Å². The van der Waals surface area contributed by atoms with E-state index in [-0.39, 0.29) is 11.5 Å². The summed E-state index contributed by atoms with van der Waals surface area (Å²) in [6, 6.07) is 6.30. The van der Waals surface area contributed by atoms with Crippen LogP contribution in [-0.4, -0.2) is 29.5 Å². The minimum atomic E-state index is -4.41. The maximum Gasteiger partial charge on any atom is 0.405 e. The van der Waals surface area contributed by atoms with E-state index in [9.17, 15) is 23.1 Å². The number of hydrogen-bond donors (Lipinski definition) is 2. The van der Waals surface area contributed by atoms with Crippen LogP contribution >= 0.6 is 11.8 Å². The van der Waals surface area contributed by atoms with Crippen LogP contribution in [0.4, 0.5) is 13.2 Å². The van der Waals surface area contributed by atoms with Crippen molar-refractivity contribution < 1.29 is 23.1 Å². The van der Waals surface area contributed by atoms with Gasteiger partial charge < -0.3 is 10.4 Å². The number of thioether (sulfide) groups is 1. The predicted octanol–water partition coefficient (Wildman–Crippen LogP) is 2.16. The zero-order chi connectivity index (χ0) is 12.9. The molecule has 0 bridgehead atoms. The minimum Gasteiger partial charge on any atom is -0.507 e. The van der Waals surface area contributed by atoms with Gasteiger partial charge in [0.15, 0.2) is 0 Å². The van der Waals surface area contributed by atoms with E-state index in [4.69, 9.17) is 0 Å². The first-order chi connectivity index (χ1) is 7.88. The predicted molar refractivity (Wildman–Crippen MR) is 57.9 cm³/mol. The summed E-state index contributed by atoms with van der Waals surface area (Å²) in [4.78, 5) is 11.5. The van der Waals surface area contributed by atoms with Crippen LogP contribution in [0.1, 0.15) is 0 Å². The van der Waals surface area contributed by atoms with E-state index >= 15 is 0 Å². The molecule has 0 radical (unpaired) electrons. The van der Waals surface area contributed by atoms with Crippen molar-refractivity contribution in [3.8, 4) is 5.75 Å². The summed E-state index contributed by atoms with van der Waals surface area (Å²) in [6.45, 7) is -1.34. The molecule has 7 heteroatoms. The monoisotopic (exact) mass is 265 g/mol. The molecule has 17 heavy (non-hydrogen) atoms. The summed E-state index contributed by atoms with van der Waals surface area (Å²) in [5, 5.41) is 11.1. The number of benzene rings is 1. The molecular weight excluding hydrogens is 255 g/mol. The maximum absolute atomic E-state index is 11.8. The summed E-state index contributed by atoms with van der Waals surface area (Å²) < 4.78 is 35.3. The molecule has 0 atom stereocenters. The third-order valence-electron chi connectivity index (χ3n) is 1.71. The number of para-hydroxylation sites is 1. The SMILES string of the molecule is O=C(CSc1ccccc1O)NCC(F)(F)F. The van der Waals surface area contributed by atoms with Gasteiger partial charge in [0.05, 0.1) is 5.75 Å². The summed E-state index contributed by atoms with van der Waals surface area (Å²) >= 11 is 0.976. The van der Waals surface area contributed by atoms with Gasteiger partial charge in [-0.25, -0.2) is 0 Å². The molecule has 0 heterocycles. The second-order valence-electron chi connectivity index (χ2n) is 3.15. The van der Waals surface area contributed by atoms with Gasteiger partial charge in [0.25, 0.3) is 0 Å². The number of phenolic OH excluding ortho intramolecular Hbond substituents is 1. The third-order valence-corrected chi connectivity index (χ3v) is 2.77. The number of hydrogen-bond acceptors (Lipinski definition) is 3. The van der Waals surface area contributed by atoms with Crippen molar-refractivity contribution in [2.24, 2.45) is 0 Å². The van der Waals surface area contributed by atoms with E-state index in [1.165, 1.54) is 6.07 Å². The van der Waals surface area contributed by atoms with Crippen LogP contribution in [0, 0.1) is 0 Å². The summed E-state index contributed by atoms with van der Waals surface area (Å²) in [5.74, 6) is -0.898. The standard InChI is InChI=1S/C10H10F3NO2S/c11-10(12,13)6-14-9(16)5-17-8-4-2-1-3-7(8)15/h1-4,15H,5-6H2,(H,14,16). The Morgan fingerprint density at radius 3 is 2.59 bits per heavy atom. The Bertz CT molecular complexity index is 395. The van der Waals surface area contributed by atoms with Gasteiger partial charge in [-0.3, -0.25) is 4.79 Å². The first-order valence-electron chi connectivity index (χ1n) is 4.63. The lowest BCUT2D eigenvalue weighted by atomic mass is 10.3. The molecule has 0 aliphatic rings. The summed E-state index contributed by atoms with van der Waals surface area (Å²) in [7, 11) is 0. The molecule has 0 saturated heterocycles. The summed E-state index contributed by atoms with van der Waals surface area (Å²) in [5.41, 5.74) is 0. The number of carbonyl (C=O) groups excluding carboxylic acids is 1. The highest BCUT2D eigenvalue weighted by Gasteiger charge is 2.27. The maximum atomic E-state index is 11.8. The Morgan fingerprint density at radius 2 is 2.00 bits per heavy atom.